The van der Waals surface area contributed by atoms with Crippen molar-refractivity contribution in [2.45, 2.75) is 44.1 Å². The summed E-state index contributed by atoms with van der Waals surface area (Å²) in [5.41, 5.74) is 4.74. The van der Waals surface area contributed by atoms with Gasteiger partial charge in [-0.25, -0.2) is 9.78 Å². The number of aromatic nitrogens is 2. The minimum absolute atomic E-state index is 0.147. The van der Waals surface area contributed by atoms with Crippen LogP contribution in [0.4, 0.5) is 60.0 Å². The first-order valence-electron chi connectivity index (χ1n) is 13.5. The van der Waals surface area contributed by atoms with Gasteiger partial charge in [-0.05, 0) is 73.7 Å². The highest BCUT2D eigenvalue weighted by Gasteiger charge is 2.54. The van der Waals surface area contributed by atoms with Gasteiger partial charge in [0.15, 0.2) is 5.82 Å². The SMILES string of the molecule is O=C(C(=O)C(F)(F)F)C(F)(F)F.O=C(Nc1ccc2cc1CCc1cccc(c1)Nc1ncc(Cl)c(n1)N2)NC1CCCNC1. The third-order valence-corrected chi connectivity index (χ3v) is 6.86. The maximum atomic E-state index is 12.7. The first kappa shape index (κ1) is 33.5. The lowest BCUT2D eigenvalue weighted by atomic mass is 10.0. The molecule has 1 unspecified atom stereocenters. The highest BCUT2D eigenvalue weighted by atomic mass is 35.5. The Hall–Kier alpha value is -4.44. The van der Waals surface area contributed by atoms with Crippen molar-refractivity contribution < 1.29 is 40.7 Å². The molecule has 17 heteroatoms. The predicted octanol–water partition coefficient (Wildman–Crippen LogP) is 5.84. The number of fused-ring (bicyclic) bond motifs is 6. The lowest BCUT2D eigenvalue weighted by Crippen LogP contribution is -2.47. The molecule has 3 aromatic rings. The number of aryl methyl sites for hydroxylation is 2. The van der Waals surface area contributed by atoms with Gasteiger partial charge >= 0.3 is 30.0 Å². The number of amides is 2. The Morgan fingerprint density at radius 1 is 0.911 bits per heavy atom. The normalized spacial score (nSPS) is 16.1. The number of piperidine rings is 1. The molecule has 5 N–H and O–H groups in total. The van der Waals surface area contributed by atoms with Gasteiger partial charge in [-0.1, -0.05) is 23.7 Å². The zero-order valence-corrected chi connectivity index (χ0v) is 24.0. The number of hydrogen-bond donors (Lipinski definition) is 5. The topological polar surface area (TPSA) is 137 Å². The molecule has 2 amide bonds. The maximum Gasteiger partial charge on any atom is 0.458 e. The van der Waals surface area contributed by atoms with E-state index in [0.717, 1.165) is 61.4 Å². The molecule has 3 heterocycles. The second kappa shape index (κ2) is 14.1. The van der Waals surface area contributed by atoms with Crippen LogP contribution in [0.2, 0.25) is 5.02 Å². The van der Waals surface area contributed by atoms with E-state index in [1.165, 1.54) is 5.56 Å². The van der Waals surface area contributed by atoms with Crippen molar-refractivity contribution in [1.29, 1.82) is 0 Å². The van der Waals surface area contributed by atoms with Gasteiger partial charge in [0, 0.05) is 29.6 Å². The van der Waals surface area contributed by atoms with Crippen LogP contribution < -0.4 is 26.6 Å². The van der Waals surface area contributed by atoms with Gasteiger partial charge in [0.2, 0.25) is 5.95 Å². The molecule has 2 aromatic carbocycles. The molecule has 0 radical (unpaired) electrons. The number of anilines is 5. The lowest BCUT2D eigenvalue weighted by Gasteiger charge is -2.24. The van der Waals surface area contributed by atoms with Crippen molar-refractivity contribution in [1.82, 2.24) is 20.6 Å². The molecule has 1 fully saturated rings. The molecule has 6 bridgehead atoms. The largest absolute Gasteiger partial charge is 0.458 e. The number of benzene rings is 2. The quantitative estimate of drug-likeness (QED) is 0.175. The van der Waals surface area contributed by atoms with E-state index in [2.05, 4.69) is 48.7 Å². The van der Waals surface area contributed by atoms with Crippen LogP contribution >= 0.6 is 11.6 Å². The Morgan fingerprint density at radius 2 is 1.62 bits per heavy atom. The summed E-state index contributed by atoms with van der Waals surface area (Å²) >= 11 is 6.34. The van der Waals surface area contributed by atoms with Gasteiger partial charge in [-0.15, -0.1) is 0 Å². The first-order valence-corrected chi connectivity index (χ1v) is 13.9. The van der Waals surface area contributed by atoms with Crippen molar-refractivity contribution in [3.8, 4) is 0 Å². The van der Waals surface area contributed by atoms with E-state index >= 15 is 0 Å². The fourth-order valence-electron chi connectivity index (χ4n) is 4.44. The molecule has 240 valence electrons. The minimum atomic E-state index is -5.77. The summed E-state index contributed by atoms with van der Waals surface area (Å²) in [6.45, 7) is 1.81. The zero-order valence-electron chi connectivity index (χ0n) is 23.2. The standard InChI is InChI=1S/C24H26ClN7O.C4F6O2/c25-20-14-27-23-29-17-4-1-3-15(11-17)6-7-16-12-18(28-22(20)32-23)8-9-21(16)31-24(33)30-19-5-2-10-26-13-19;5-3(6,7)1(11)2(12)4(8,9)10/h1,3-4,8-9,11-12,14,19,26H,2,5-7,10,13H2,(H2,30,31,33)(H2,27,28,29,32);. The summed E-state index contributed by atoms with van der Waals surface area (Å²) in [4.78, 5) is 40.7. The molecule has 2 aliphatic rings. The third-order valence-electron chi connectivity index (χ3n) is 6.58. The molecule has 1 saturated heterocycles. The lowest BCUT2D eigenvalue weighted by molar-refractivity contribution is -0.193. The molecule has 5 rings (SSSR count). The summed E-state index contributed by atoms with van der Waals surface area (Å²) in [6, 6.07) is 14.0. The van der Waals surface area contributed by atoms with Gasteiger partial charge in [-0.3, -0.25) is 9.59 Å². The van der Waals surface area contributed by atoms with E-state index in [-0.39, 0.29) is 12.1 Å². The summed E-state index contributed by atoms with van der Waals surface area (Å²) in [6.07, 6.45) is -6.33. The third kappa shape index (κ3) is 9.52. The van der Waals surface area contributed by atoms with Gasteiger partial charge in [-0.2, -0.15) is 31.3 Å². The molecule has 45 heavy (non-hydrogen) atoms. The van der Waals surface area contributed by atoms with Crippen LogP contribution in [0, 0.1) is 0 Å². The predicted molar refractivity (Wildman–Crippen MR) is 154 cm³/mol. The van der Waals surface area contributed by atoms with E-state index in [1.807, 2.05) is 30.3 Å². The molecule has 1 aromatic heterocycles. The van der Waals surface area contributed by atoms with Crippen LogP contribution in [0.3, 0.4) is 0 Å². The molecule has 10 nitrogen and oxygen atoms in total. The van der Waals surface area contributed by atoms with E-state index in [1.54, 1.807) is 6.20 Å². The van der Waals surface area contributed by atoms with Crippen LogP contribution in [-0.2, 0) is 22.4 Å². The number of carbonyl (C=O) groups is 3. The number of alkyl halides is 6. The highest BCUT2D eigenvalue weighted by Crippen LogP contribution is 2.29. The number of ketones is 2. The van der Waals surface area contributed by atoms with Crippen LogP contribution in [0.25, 0.3) is 0 Å². The van der Waals surface area contributed by atoms with E-state index < -0.39 is 23.9 Å². The average Bonchev–Trinajstić information content (AvgIpc) is 2.98. The smallest absolute Gasteiger partial charge is 0.339 e. The maximum absolute atomic E-state index is 12.7. The van der Waals surface area contributed by atoms with Gasteiger partial charge in [0.1, 0.15) is 5.02 Å². The van der Waals surface area contributed by atoms with Gasteiger partial charge in [0.25, 0.3) is 0 Å². The summed E-state index contributed by atoms with van der Waals surface area (Å²) in [7, 11) is 0. The highest BCUT2D eigenvalue weighted by molar-refractivity contribution is 6.41. The van der Waals surface area contributed by atoms with Crippen LogP contribution in [0.5, 0.6) is 0 Å². The zero-order chi connectivity index (χ0) is 32.8. The summed E-state index contributed by atoms with van der Waals surface area (Å²) in [5, 5.41) is 16.4. The Morgan fingerprint density at radius 3 is 2.29 bits per heavy atom. The molecule has 0 spiro atoms. The number of Topliss-reactive ketones (excluding diaryl/α,β-unsaturated/α-hetero) is 2. The molecule has 2 aliphatic heterocycles. The van der Waals surface area contributed by atoms with Crippen molar-refractivity contribution in [3.63, 3.8) is 0 Å². The van der Waals surface area contributed by atoms with Crippen molar-refractivity contribution in [2.75, 3.05) is 29.0 Å². The van der Waals surface area contributed by atoms with Crippen molar-refractivity contribution in [2.24, 2.45) is 0 Å². The fraction of sp³-hybridized carbons (Fsp3) is 0.321. The fourth-order valence-corrected chi connectivity index (χ4v) is 4.58. The minimum Gasteiger partial charge on any atom is -0.339 e. The molecular weight excluding hydrogens is 632 g/mol. The second-order valence-corrected chi connectivity index (χ2v) is 10.4. The van der Waals surface area contributed by atoms with Crippen molar-refractivity contribution in [3.05, 3.63) is 64.8 Å². The number of rotatable bonds is 3. The van der Waals surface area contributed by atoms with E-state index in [0.29, 0.717) is 16.8 Å². The number of nitrogens with one attached hydrogen (secondary N) is 5. The number of carbonyl (C=O) groups excluding carboxylic acids is 3. The number of urea groups is 1. The molecule has 1 atom stereocenters. The van der Waals surface area contributed by atoms with Gasteiger partial charge in [0.05, 0.1) is 6.20 Å². The summed E-state index contributed by atoms with van der Waals surface area (Å²) < 4.78 is 67.0. The second-order valence-electron chi connectivity index (χ2n) is 10.0. The van der Waals surface area contributed by atoms with Crippen molar-refractivity contribution >= 4 is 58.0 Å². The summed E-state index contributed by atoms with van der Waals surface area (Å²) in [5.74, 6) is -5.84. The van der Waals surface area contributed by atoms with Crippen LogP contribution in [-0.4, -0.2) is 59.0 Å². The molecule has 0 aliphatic carbocycles. The first-order chi connectivity index (χ1) is 21.2. The number of hydrogen-bond acceptors (Lipinski definition) is 8. The van der Waals surface area contributed by atoms with Crippen LogP contribution in [0.1, 0.15) is 24.0 Å². The number of halogens is 7. The Bertz CT molecular complexity index is 1540. The Labute approximate surface area is 257 Å². The van der Waals surface area contributed by atoms with E-state index in [9.17, 15) is 40.7 Å². The number of nitrogens with zero attached hydrogens (tertiary/aromatic N) is 2. The Kier molecular flexibility index (Phi) is 10.5. The van der Waals surface area contributed by atoms with Crippen LogP contribution in [0.15, 0.2) is 48.7 Å². The Balaban J connectivity index is 0.000000328. The van der Waals surface area contributed by atoms with E-state index in [4.69, 9.17) is 11.6 Å². The molecule has 0 saturated carbocycles. The monoisotopic (exact) mass is 657 g/mol. The van der Waals surface area contributed by atoms with Gasteiger partial charge < -0.3 is 26.6 Å². The molecular formula is C28H26ClF6N7O3. The average molecular weight is 658 g/mol.